The number of amides is 2. The summed E-state index contributed by atoms with van der Waals surface area (Å²) in [5.41, 5.74) is 0.493. The maximum absolute atomic E-state index is 13.4. The van der Waals surface area contributed by atoms with Crippen molar-refractivity contribution in [2.24, 2.45) is 0 Å². The Kier molecular flexibility index (Phi) is 6.23. The van der Waals surface area contributed by atoms with Gasteiger partial charge in [-0.3, -0.25) is 9.59 Å². The number of esters is 2. The zero-order valence-corrected chi connectivity index (χ0v) is 16.5. The molecule has 3 rings (SSSR count). The summed E-state index contributed by atoms with van der Waals surface area (Å²) in [6.07, 6.45) is 1.14. The first-order valence-electron chi connectivity index (χ1n) is 8.95. The quantitative estimate of drug-likeness (QED) is 0.686. The fraction of sp³-hybridized carbons (Fsp3) is 0.474. The number of hydrogen-bond donors (Lipinski definition) is 0. The molecule has 0 saturated carbocycles. The van der Waals surface area contributed by atoms with Crippen LogP contribution in [0, 0.1) is 0 Å². The molecule has 28 heavy (non-hydrogen) atoms. The predicted octanol–water partition coefficient (Wildman–Crippen LogP) is 0.907. The van der Waals surface area contributed by atoms with Gasteiger partial charge in [-0.05, 0) is 25.0 Å². The summed E-state index contributed by atoms with van der Waals surface area (Å²) in [4.78, 5) is 53.3. The number of rotatable bonds is 4. The van der Waals surface area contributed by atoms with Crippen LogP contribution >= 0.6 is 11.8 Å². The number of hydrogen-bond acceptors (Lipinski definition) is 7. The van der Waals surface area contributed by atoms with Crippen LogP contribution in [0.5, 0.6) is 0 Å². The Morgan fingerprint density at radius 2 is 1.68 bits per heavy atom. The van der Waals surface area contributed by atoms with Crippen LogP contribution in [-0.4, -0.2) is 77.5 Å². The molecule has 0 bridgehead atoms. The van der Waals surface area contributed by atoms with Crippen molar-refractivity contribution in [3.63, 3.8) is 0 Å². The molecule has 3 atom stereocenters. The van der Waals surface area contributed by atoms with Crippen LogP contribution in [0.25, 0.3) is 0 Å². The average Bonchev–Trinajstić information content (AvgIpc) is 3.39. The molecule has 0 aliphatic carbocycles. The minimum absolute atomic E-state index is 0.234. The van der Waals surface area contributed by atoms with Gasteiger partial charge >= 0.3 is 11.9 Å². The van der Waals surface area contributed by atoms with Crippen molar-refractivity contribution in [1.82, 2.24) is 9.80 Å². The first-order valence-corrected chi connectivity index (χ1v) is 10.00. The standard InChI is InChI=1S/C19H22N2O6S/c1-26-18(24)14-11-28-17(19(25)27-2)21(14)16(23)13-9-6-10-20(13)15(22)12-7-4-3-5-8-12/h3-5,7-8,13-14,17H,6,9-11H2,1-2H3/t13-,14-,17+/m0/s1. The van der Waals surface area contributed by atoms with Gasteiger partial charge in [0.25, 0.3) is 5.91 Å². The van der Waals surface area contributed by atoms with E-state index in [1.807, 2.05) is 6.07 Å². The highest BCUT2D eigenvalue weighted by Crippen LogP contribution is 2.33. The van der Waals surface area contributed by atoms with Gasteiger partial charge in [-0.2, -0.15) is 0 Å². The summed E-state index contributed by atoms with van der Waals surface area (Å²) in [5.74, 6) is -1.64. The van der Waals surface area contributed by atoms with Crippen LogP contribution < -0.4 is 0 Å². The van der Waals surface area contributed by atoms with Crippen LogP contribution in [-0.2, 0) is 23.9 Å². The first kappa shape index (κ1) is 20.2. The van der Waals surface area contributed by atoms with Gasteiger partial charge in [-0.25, -0.2) is 9.59 Å². The number of methoxy groups -OCH3 is 2. The third-order valence-corrected chi connectivity index (χ3v) is 6.19. The zero-order chi connectivity index (χ0) is 20.3. The zero-order valence-electron chi connectivity index (χ0n) is 15.7. The summed E-state index contributed by atoms with van der Waals surface area (Å²) in [7, 11) is 2.47. The molecule has 150 valence electrons. The Morgan fingerprint density at radius 1 is 1.00 bits per heavy atom. The second-order valence-electron chi connectivity index (χ2n) is 6.52. The van der Waals surface area contributed by atoms with Crippen molar-refractivity contribution >= 4 is 35.5 Å². The molecule has 2 aliphatic rings. The Balaban J connectivity index is 1.87. The number of likely N-dealkylation sites (tertiary alicyclic amines) is 1. The molecule has 0 unspecified atom stereocenters. The molecule has 2 saturated heterocycles. The van der Waals surface area contributed by atoms with E-state index in [0.717, 1.165) is 11.8 Å². The maximum atomic E-state index is 13.4. The number of thioether (sulfide) groups is 1. The lowest BCUT2D eigenvalue weighted by molar-refractivity contribution is -0.158. The number of carbonyl (C=O) groups excluding carboxylic acids is 4. The van der Waals surface area contributed by atoms with E-state index in [0.29, 0.717) is 24.9 Å². The molecule has 2 fully saturated rings. The van der Waals surface area contributed by atoms with Gasteiger partial charge in [0.2, 0.25) is 5.91 Å². The van der Waals surface area contributed by atoms with Gasteiger partial charge in [0.1, 0.15) is 12.1 Å². The highest BCUT2D eigenvalue weighted by molar-refractivity contribution is 8.00. The monoisotopic (exact) mass is 406 g/mol. The largest absolute Gasteiger partial charge is 0.467 e. The molecule has 1 aromatic rings. The average molecular weight is 406 g/mol. The van der Waals surface area contributed by atoms with E-state index in [-0.39, 0.29) is 11.7 Å². The number of ether oxygens (including phenoxy) is 2. The van der Waals surface area contributed by atoms with E-state index in [2.05, 4.69) is 0 Å². The molecular formula is C19H22N2O6S. The molecule has 2 aliphatic heterocycles. The third-order valence-electron chi connectivity index (χ3n) is 4.95. The summed E-state index contributed by atoms with van der Waals surface area (Å²) in [6.45, 7) is 0.441. The second-order valence-corrected chi connectivity index (χ2v) is 7.63. The summed E-state index contributed by atoms with van der Waals surface area (Å²) in [6, 6.07) is 7.11. The van der Waals surface area contributed by atoms with Crippen molar-refractivity contribution < 1.29 is 28.7 Å². The lowest BCUT2D eigenvalue weighted by Gasteiger charge is -2.32. The van der Waals surface area contributed by atoms with Crippen molar-refractivity contribution in [3.8, 4) is 0 Å². The fourth-order valence-electron chi connectivity index (χ4n) is 3.56. The molecule has 0 radical (unpaired) electrons. The predicted molar refractivity (Wildman–Crippen MR) is 101 cm³/mol. The molecule has 0 spiro atoms. The number of nitrogens with zero attached hydrogens (tertiary/aromatic N) is 2. The Bertz CT molecular complexity index is 747. The minimum atomic E-state index is -0.934. The fourth-order valence-corrected chi connectivity index (χ4v) is 4.87. The topological polar surface area (TPSA) is 93.2 Å². The van der Waals surface area contributed by atoms with E-state index in [4.69, 9.17) is 9.47 Å². The van der Waals surface area contributed by atoms with Crippen LogP contribution in [0.1, 0.15) is 23.2 Å². The van der Waals surface area contributed by atoms with Gasteiger partial charge in [0.15, 0.2) is 5.37 Å². The molecule has 8 nitrogen and oxygen atoms in total. The summed E-state index contributed by atoms with van der Waals surface area (Å²) in [5, 5.41) is -0.934. The Labute approximate surface area is 167 Å². The molecule has 1 aromatic carbocycles. The molecular weight excluding hydrogens is 384 g/mol. The maximum Gasteiger partial charge on any atom is 0.339 e. The van der Waals surface area contributed by atoms with E-state index in [1.165, 1.54) is 24.0 Å². The highest BCUT2D eigenvalue weighted by Gasteiger charge is 2.50. The smallest absolute Gasteiger partial charge is 0.339 e. The van der Waals surface area contributed by atoms with Gasteiger partial charge in [-0.1, -0.05) is 18.2 Å². The van der Waals surface area contributed by atoms with Crippen molar-refractivity contribution in [1.29, 1.82) is 0 Å². The number of benzene rings is 1. The van der Waals surface area contributed by atoms with Crippen LogP contribution in [0.2, 0.25) is 0 Å². The highest BCUT2D eigenvalue weighted by atomic mass is 32.2. The normalized spacial score (nSPS) is 24.1. The van der Waals surface area contributed by atoms with Crippen molar-refractivity contribution in [2.45, 2.75) is 30.3 Å². The van der Waals surface area contributed by atoms with Crippen LogP contribution in [0.15, 0.2) is 30.3 Å². The van der Waals surface area contributed by atoms with Crippen LogP contribution in [0.3, 0.4) is 0 Å². The van der Waals surface area contributed by atoms with Crippen molar-refractivity contribution in [3.05, 3.63) is 35.9 Å². The summed E-state index contributed by atoms with van der Waals surface area (Å²) < 4.78 is 9.60. The van der Waals surface area contributed by atoms with E-state index in [1.54, 1.807) is 24.3 Å². The first-order chi connectivity index (χ1) is 13.5. The Hall–Kier alpha value is -2.55. The molecule has 0 aromatic heterocycles. The third kappa shape index (κ3) is 3.71. The van der Waals surface area contributed by atoms with Crippen molar-refractivity contribution in [2.75, 3.05) is 26.5 Å². The molecule has 0 N–H and O–H groups in total. The van der Waals surface area contributed by atoms with Crippen LogP contribution in [0.4, 0.5) is 0 Å². The Morgan fingerprint density at radius 3 is 2.32 bits per heavy atom. The lowest BCUT2D eigenvalue weighted by Crippen LogP contribution is -2.55. The van der Waals surface area contributed by atoms with Gasteiger partial charge in [0.05, 0.1) is 14.2 Å². The molecule has 2 amide bonds. The van der Waals surface area contributed by atoms with E-state index in [9.17, 15) is 19.2 Å². The van der Waals surface area contributed by atoms with Gasteiger partial charge in [-0.15, -0.1) is 11.8 Å². The molecule has 2 heterocycles. The minimum Gasteiger partial charge on any atom is -0.467 e. The van der Waals surface area contributed by atoms with Gasteiger partial charge < -0.3 is 19.3 Å². The summed E-state index contributed by atoms with van der Waals surface area (Å²) >= 11 is 1.15. The molecule has 9 heteroatoms. The van der Waals surface area contributed by atoms with E-state index < -0.39 is 35.3 Å². The van der Waals surface area contributed by atoms with E-state index >= 15 is 0 Å². The number of carbonyl (C=O) groups is 4. The second kappa shape index (κ2) is 8.64. The lowest BCUT2D eigenvalue weighted by atomic mass is 10.1. The SMILES string of the molecule is COC(=O)[C@H]1SC[C@@H](C(=O)OC)N1C(=O)[C@@H]1CCCN1C(=O)c1ccccc1. The van der Waals surface area contributed by atoms with Gasteiger partial charge in [0, 0.05) is 17.9 Å².